The number of hydrogen-bond donors (Lipinski definition) is 1. The molecule has 1 aliphatic carbocycles. The van der Waals surface area contributed by atoms with E-state index >= 15 is 0 Å². The van der Waals surface area contributed by atoms with Gasteiger partial charge in [-0.05, 0) is 52.0 Å². The van der Waals surface area contributed by atoms with Crippen LogP contribution in [0, 0.1) is 0 Å². The summed E-state index contributed by atoms with van der Waals surface area (Å²) < 4.78 is 0. The molecule has 0 radical (unpaired) electrons. The van der Waals surface area contributed by atoms with Gasteiger partial charge in [0.15, 0.2) is 0 Å². The summed E-state index contributed by atoms with van der Waals surface area (Å²) in [4.78, 5) is 16.8. The standard InChI is InChI=1S/C16H28N2O2/c1-2-18(15-8-3-4-9-15)16(20)13-17-11-6-5-7-14(17)10-12-19/h8,14,19H,2-7,9-13H2,1H3. The summed E-state index contributed by atoms with van der Waals surface area (Å²) in [7, 11) is 0. The molecule has 2 rings (SSSR count). The van der Waals surface area contributed by atoms with E-state index in [-0.39, 0.29) is 12.5 Å². The van der Waals surface area contributed by atoms with Crippen LogP contribution in [0.3, 0.4) is 0 Å². The van der Waals surface area contributed by atoms with Crippen LogP contribution in [0.25, 0.3) is 0 Å². The van der Waals surface area contributed by atoms with Crippen LogP contribution in [0.2, 0.25) is 0 Å². The molecule has 1 atom stereocenters. The Morgan fingerprint density at radius 2 is 2.30 bits per heavy atom. The minimum atomic E-state index is 0.220. The first-order chi connectivity index (χ1) is 9.76. The molecular weight excluding hydrogens is 252 g/mol. The largest absolute Gasteiger partial charge is 0.396 e. The maximum Gasteiger partial charge on any atom is 0.240 e. The molecule has 0 aromatic heterocycles. The number of hydrogen-bond acceptors (Lipinski definition) is 3. The molecule has 1 heterocycles. The number of nitrogens with zero attached hydrogens (tertiary/aromatic N) is 2. The number of amides is 1. The Morgan fingerprint density at radius 1 is 1.45 bits per heavy atom. The number of likely N-dealkylation sites (tertiary alicyclic amines) is 1. The maximum absolute atomic E-state index is 12.6. The lowest BCUT2D eigenvalue weighted by molar-refractivity contribution is -0.131. The van der Waals surface area contributed by atoms with Crippen LogP contribution in [0.4, 0.5) is 0 Å². The van der Waals surface area contributed by atoms with E-state index in [1.807, 2.05) is 4.90 Å². The Balaban J connectivity index is 1.93. The van der Waals surface area contributed by atoms with Gasteiger partial charge < -0.3 is 10.0 Å². The summed E-state index contributed by atoms with van der Waals surface area (Å²) in [5.41, 5.74) is 1.22. The number of likely N-dealkylation sites (N-methyl/N-ethyl adjacent to an activating group) is 1. The Bertz CT molecular complexity index is 352. The van der Waals surface area contributed by atoms with Gasteiger partial charge in [-0.2, -0.15) is 0 Å². The van der Waals surface area contributed by atoms with Crippen LogP contribution in [-0.4, -0.2) is 53.1 Å². The van der Waals surface area contributed by atoms with Gasteiger partial charge in [-0.15, -0.1) is 0 Å². The highest BCUT2D eigenvalue weighted by Crippen LogP contribution is 2.23. The number of carbonyl (C=O) groups excluding carboxylic acids is 1. The lowest BCUT2D eigenvalue weighted by Crippen LogP contribution is -2.46. The molecule has 20 heavy (non-hydrogen) atoms. The molecule has 1 unspecified atom stereocenters. The first-order valence-corrected chi connectivity index (χ1v) is 8.10. The third-order valence-corrected chi connectivity index (χ3v) is 4.53. The minimum Gasteiger partial charge on any atom is -0.396 e. The van der Waals surface area contributed by atoms with Crippen molar-refractivity contribution < 1.29 is 9.90 Å². The molecule has 1 aliphatic heterocycles. The van der Waals surface area contributed by atoms with Gasteiger partial charge in [-0.25, -0.2) is 0 Å². The van der Waals surface area contributed by atoms with Crippen LogP contribution in [0.5, 0.6) is 0 Å². The molecule has 1 amide bonds. The molecule has 0 spiro atoms. The molecule has 2 aliphatic rings. The molecule has 1 N–H and O–H groups in total. The normalized spacial score (nSPS) is 23.7. The number of aliphatic hydroxyl groups excluding tert-OH is 1. The average molecular weight is 280 g/mol. The molecule has 1 saturated heterocycles. The predicted octanol–water partition coefficient (Wildman–Crippen LogP) is 2.14. The predicted molar refractivity (Wildman–Crippen MR) is 80.2 cm³/mol. The smallest absolute Gasteiger partial charge is 0.240 e. The van der Waals surface area contributed by atoms with Crippen LogP contribution in [0.15, 0.2) is 11.8 Å². The first-order valence-electron chi connectivity index (χ1n) is 8.10. The van der Waals surface area contributed by atoms with Crippen LogP contribution in [0.1, 0.15) is 51.9 Å². The molecule has 0 bridgehead atoms. The van der Waals surface area contributed by atoms with Crippen molar-refractivity contribution in [3.8, 4) is 0 Å². The van der Waals surface area contributed by atoms with E-state index in [4.69, 9.17) is 5.11 Å². The second kappa shape index (κ2) is 7.79. The molecule has 1 fully saturated rings. The molecule has 4 heteroatoms. The molecule has 0 aromatic carbocycles. The lowest BCUT2D eigenvalue weighted by atomic mass is 9.99. The first kappa shape index (κ1) is 15.5. The van der Waals surface area contributed by atoms with E-state index in [9.17, 15) is 4.79 Å². The molecule has 0 saturated carbocycles. The van der Waals surface area contributed by atoms with Crippen molar-refractivity contribution in [1.29, 1.82) is 0 Å². The highest BCUT2D eigenvalue weighted by Gasteiger charge is 2.26. The second-order valence-corrected chi connectivity index (χ2v) is 5.86. The van der Waals surface area contributed by atoms with Gasteiger partial charge in [0.1, 0.15) is 0 Å². The number of carbonyl (C=O) groups is 1. The maximum atomic E-state index is 12.6. The summed E-state index contributed by atoms with van der Waals surface area (Å²) in [5.74, 6) is 0.227. The summed E-state index contributed by atoms with van der Waals surface area (Å²) in [5, 5.41) is 9.17. The van der Waals surface area contributed by atoms with Crippen molar-refractivity contribution in [2.24, 2.45) is 0 Å². The zero-order valence-corrected chi connectivity index (χ0v) is 12.7. The van der Waals surface area contributed by atoms with Gasteiger partial charge in [-0.3, -0.25) is 9.69 Å². The Morgan fingerprint density at radius 3 is 2.95 bits per heavy atom. The molecule has 4 nitrogen and oxygen atoms in total. The minimum absolute atomic E-state index is 0.220. The highest BCUT2D eigenvalue weighted by atomic mass is 16.3. The fourth-order valence-corrected chi connectivity index (χ4v) is 3.44. The monoisotopic (exact) mass is 280 g/mol. The van der Waals surface area contributed by atoms with Crippen molar-refractivity contribution in [3.05, 3.63) is 11.8 Å². The topological polar surface area (TPSA) is 43.8 Å². The zero-order valence-electron chi connectivity index (χ0n) is 12.7. The Labute approximate surface area is 122 Å². The fraction of sp³-hybridized carbons (Fsp3) is 0.812. The summed E-state index contributed by atoms with van der Waals surface area (Å²) in [6.07, 6.45) is 9.83. The van der Waals surface area contributed by atoms with Crippen LogP contribution < -0.4 is 0 Å². The van der Waals surface area contributed by atoms with E-state index < -0.39 is 0 Å². The quantitative estimate of drug-likeness (QED) is 0.810. The van der Waals surface area contributed by atoms with Gasteiger partial charge in [0, 0.05) is 24.9 Å². The number of aliphatic hydroxyl groups is 1. The SMILES string of the molecule is CCN(C(=O)CN1CCCCC1CCO)C1=CCCC1. The zero-order chi connectivity index (χ0) is 14.4. The van der Waals surface area contributed by atoms with Gasteiger partial charge in [0.2, 0.25) is 5.91 Å². The van der Waals surface area contributed by atoms with Crippen molar-refractivity contribution in [2.45, 2.75) is 57.9 Å². The van der Waals surface area contributed by atoms with E-state index in [1.54, 1.807) is 0 Å². The van der Waals surface area contributed by atoms with E-state index in [2.05, 4.69) is 17.9 Å². The number of allylic oxidation sites excluding steroid dienone is 2. The molecular formula is C16H28N2O2. The van der Waals surface area contributed by atoms with Gasteiger partial charge in [0.25, 0.3) is 0 Å². The van der Waals surface area contributed by atoms with Gasteiger partial charge in [0.05, 0.1) is 6.54 Å². The fourth-order valence-electron chi connectivity index (χ4n) is 3.44. The van der Waals surface area contributed by atoms with Crippen molar-refractivity contribution in [3.63, 3.8) is 0 Å². The Kier molecular flexibility index (Phi) is 6.05. The third kappa shape index (κ3) is 3.83. The molecule has 114 valence electrons. The van der Waals surface area contributed by atoms with Crippen LogP contribution >= 0.6 is 0 Å². The van der Waals surface area contributed by atoms with Gasteiger partial charge >= 0.3 is 0 Å². The molecule has 0 aromatic rings. The average Bonchev–Trinajstić information content (AvgIpc) is 2.96. The van der Waals surface area contributed by atoms with Crippen LogP contribution in [-0.2, 0) is 4.79 Å². The van der Waals surface area contributed by atoms with Crippen molar-refractivity contribution >= 4 is 5.91 Å². The van der Waals surface area contributed by atoms with E-state index in [1.165, 1.54) is 25.0 Å². The number of piperidine rings is 1. The highest BCUT2D eigenvalue weighted by molar-refractivity contribution is 5.80. The van der Waals surface area contributed by atoms with Crippen molar-refractivity contribution in [2.75, 3.05) is 26.2 Å². The summed E-state index contributed by atoms with van der Waals surface area (Å²) >= 11 is 0. The van der Waals surface area contributed by atoms with E-state index in [0.29, 0.717) is 12.6 Å². The number of rotatable bonds is 6. The van der Waals surface area contributed by atoms with Crippen molar-refractivity contribution in [1.82, 2.24) is 9.80 Å². The summed E-state index contributed by atoms with van der Waals surface area (Å²) in [6.45, 7) is 4.54. The second-order valence-electron chi connectivity index (χ2n) is 5.86. The Hall–Kier alpha value is -0.870. The third-order valence-electron chi connectivity index (χ3n) is 4.53. The van der Waals surface area contributed by atoms with E-state index in [0.717, 1.165) is 38.8 Å². The van der Waals surface area contributed by atoms with Gasteiger partial charge in [-0.1, -0.05) is 12.5 Å². The summed E-state index contributed by atoms with van der Waals surface area (Å²) in [6, 6.07) is 0.383. The lowest BCUT2D eigenvalue weighted by Gasteiger charge is -2.36.